The van der Waals surface area contributed by atoms with Crippen LogP contribution in [0.2, 0.25) is 0 Å². The van der Waals surface area contributed by atoms with Crippen molar-refractivity contribution in [1.82, 2.24) is 0 Å². The third kappa shape index (κ3) is 1.37. The summed E-state index contributed by atoms with van der Waals surface area (Å²) in [5.74, 6) is -2.66. The zero-order valence-electron chi connectivity index (χ0n) is 16.1. The van der Waals surface area contributed by atoms with E-state index in [-0.39, 0.29) is 30.8 Å². The lowest BCUT2D eigenvalue weighted by Gasteiger charge is -2.65. The van der Waals surface area contributed by atoms with E-state index in [9.17, 15) is 25.5 Å². The van der Waals surface area contributed by atoms with Crippen molar-refractivity contribution in [3.8, 4) is 0 Å². The van der Waals surface area contributed by atoms with E-state index in [1.165, 1.54) is 0 Å². The Morgan fingerprint density at radius 2 is 1.73 bits per heavy atom. The molecule has 0 aromatic rings. The molecule has 4 saturated carbocycles. The number of rotatable bonds is 2. The number of fused-ring (bicyclic) bond motifs is 3. The van der Waals surface area contributed by atoms with Crippen LogP contribution in [0.1, 0.15) is 53.4 Å². The Morgan fingerprint density at radius 3 is 2.35 bits per heavy atom. The number of ether oxygens (including phenoxy) is 1. The largest absolute Gasteiger partial charge is 0.396 e. The molecule has 5 aliphatic rings. The van der Waals surface area contributed by atoms with Gasteiger partial charge in [0.15, 0.2) is 5.79 Å². The van der Waals surface area contributed by atoms with Crippen LogP contribution in [-0.4, -0.2) is 60.8 Å². The summed E-state index contributed by atoms with van der Waals surface area (Å²) in [7, 11) is 0. The molecule has 1 heterocycles. The van der Waals surface area contributed by atoms with E-state index in [2.05, 4.69) is 0 Å². The molecule has 0 aromatic carbocycles. The van der Waals surface area contributed by atoms with Crippen LogP contribution in [0, 0.1) is 34.5 Å². The molecule has 11 unspecified atom stereocenters. The molecule has 6 heteroatoms. The first kappa shape index (κ1) is 17.8. The van der Waals surface area contributed by atoms with Crippen molar-refractivity contribution < 1.29 is 30.3 Å². The Balaban J connectivity index is 1.78. The van der Waals surface area contributed by atoms with Gasteiger partial charge in [0.2, 0.25) is 0 Å². The zero-order chi connectivity index (χ0) is 19.1. The van der Waals surface area contributed by atoms with Crippen molar-refractivity contribution in [1.29, 1.82) is 0 Å². The molecular formula is C20H32O6. The van der Waals surface area contributed by atoms with Gasteiger partial charge in [-0.05, 0) is 43.9 Å². The van der Waals surface area contributed by atoms with Crippen LogP contribution in [0.15, 0.2) is 0 Å². The molecule has 0 radical (unpaired) electrons. The maximum atomic E-state index is 12.1. The topological polar surface area (TPSA) is 110 Å². The van der Waals surface area contributed by atoms with Gasteiger partial charge in [0.1, 0.15) is 5.60 Å². The van der Waals surface area contributed by atoms with E-state index in [4.69, 9.17) is 4.74 Å². The van der Waals surface area contributed by atoms with E-state index >= 15 is 0 Å². The molecule has 6 nitrogen and oxygen atoms in total. The third-order valence-corrected chi connectivity index (χ3v) is 10.0. The second-order valence-electron chi connectivity index (χ2n) is 10.8. The standard InChI is InChI=1S/C20H32O6/c1-10(8-21)11-7-12-15(2)9-19(24)17(11,4)20(12,25)14(26-19)13-16(3,22)5-6-18(13,15)23/h10-14,21-25H,5-9H2,1-4H3. The van der Waals surface area contributed by atoms with E-state index < -0.39 is 45.4 Å². The van der Waals surface area contributed by atoms with Crippen LogP contribution >= 0.6 is 0 Å². The third-order valence-electron chi connectivity index (χ3n) is 10.0. The summed E-state index contributed by atoms with van der Waals surface area (Å²) >= 11 is 0. The summed E-state index contributed by atoms with van der Waals surface area (Å²) in [5, 5.41) is 56.5. The first-order valence-electron chi connectivity index (χ1n) is 10.0. The molecule has 4 aliphatic carbocycles. The molecule has 0 aromatic heterocycles. The molecule has 5 N–H and O–H groups in total. The van der Waals surface area contributed by atoms with Crippen molar-refractivity contribution in [2.24, 2.45) is 34.5 Å². The quantitative estimate of drug-likeness (QED) is 0.482. The smallest absolute Gasteiger partial charge is 0.175 e. The lowest BCUT2D eigenvalue weighted by Crippen LogP contribution is -2.76. The number of aliphatic hydroxyl groups excluding tert-OH is 1. The van der Waals surface area contributed by atoms with Crippen LogP contribution in [-0.2, 0) is 4.74 Å². The minimum absolute atomic E-state index is 0.0219. The van der Waals surface area contributed by atoms with E-state index in [0.717, 1.165) is 0 Å². The number of aliphatic hydroxyl groups is 5. The first-order chi connectivity index (χ1) is 11.8. The van der Waals surface area contributed by atoms with Gasteiger partial charge in [-0.2, -0.15) is 0 Å². The molecule has 1 aliphatic heterocycles. The SMILES string of the molecule is CC(CO)C1CC2C3(C)CC4(O)OC(C5C(C)(O)CCC53O)C2(O)C14C. The zero-order valence-corrected chi connectivity index (χ0v) is 16.1. The predicted octanol–water partition coefficient (Wildman–Crippen LogP) is 0.391. The van der Waals surface area contributed by atoms with Crippen LogP contribution in [0.3, 0.4) is 0 Å². The fourth-order valence-corrected chi connectivity index (χ4v) is 8.63. The Labute approximate surface area is 154 Å². The number of hydrogen-bond donors (Lipinski definition) is 5. The lowest BCUT2D eigenvalue weighted by atomic mass is 9.41. The molecule has 5 bridgehead atoms. The van der Waals surface area contributed by atoms with Gasteiger partial charge in [-0.25, -0.2) is 0 Å². The Hall–Kier alpha value is -0.240. The van der Waals surface area contributed by atoms with Gasteiger partial charge in [-0.1, -0.05) is 20.8 Å². The first-order valence-corrected chi connectivity index (χ1v) is 10.0. The highest BCUT2D eigenvalue weighted by molar-refractivity contribution is 5.38. The van der Waals surface area contributed by atoms with E-state index in [1.54, 1.807) is 6.92 Å². The number of hydrogen-bond acceptors (Lipinski definition) is 6. The fourth-order valence-electron chi connectivity index (χ4n) is 8.63. The minimum atomic E-state index is -1.57. The van der Waals surface area contributed by atoms with Gasteiger partial charge in [0.25, 0.3) is 0 Å². The van der Waals surface area contributed by atoms with E-state index in [0.29, 0.717) is 19.3 Å². The predicted molar refractivity (Wildman–Crippen MR) is 91.7 cm³/mol. The van der Waals surface area contributed by atoms with Gasteiger partial charge in [-0.3, -0.25) is 0 Å². The Morgan fingerprint density at radius 1 is 1.08 bits per heavy atom. The molecule has 5 rings (SSSR count). The summed E-state index contributed by atoms with van der Waals surface area (Å²) in [6, 6.07) is 0. The summed E-state index contributed by atoms with van der Waals surface area (Å²) < 4.78 is 6.21. The summed E-state index contributed by atoms with van der Waals surface area (Å²) in [4.78, 5) is 0. The molecule has 5 fully saturated rings. The van der Waals surface area contributed by atoms with Crippen LogP contribution in [0.5, 0.6) is 0 Å². The molecule has 148 valence electrons. The van der Waals surface area contributed by atoms with Crippen molar-refractivity contribution in [3.63, 3.8) is 0 Å². The molecule has 0 spiro atoms. The molecule has 26 heavy (non-hydrogen) atoms. The van der Waals surface area contributed by atoms with Crippen molar-refractivity contribution in [3.05, 3.63) is 0 Å². The second-order valence-corrected chi connectivity index (χ2v) is 10.8. The second kappa shape index (κ2) is 4.34. The van der Waals surface area contributed by atoms with Crippen molar-refractivity contribution >= 4 is 0 Å². The lowest BCUT2D eigenvalue weighted by molar-refractivity contribution is -0.305. The van der Waals surface area contributed by atoms with Gasteiger partial charge in [-0.15, -0.1) is 0 Å². The van der Waals surface area contributed by atoms with E-state index in [1.807, 2.05) is 20.8 Å². The van der Waals surface area contributed by atoms with Crippen molar-refractivity contribution in [2.75, 3.05) is 6.61 Å². The molecule has 1 saturated heterocycles. The molecule has 0 amide bonds. The van der Waals surface area contributed by atoms with Gasteiger partial charge in [0, 0.05) is 24.4 Å². The summed E-state index contributed by atoms with van der Waals surface area (Å²) in [6.45, 7) is 7.48. The average Bonchev–Trinajstić information content (AvgIpc) is 2.93. The summed E-state index contributed by atoms with van der Waals surface area (Å²) in [6.07, 6.45) is 0.984. The highest BCUT2D eigenvalue weighted by Crippen LogP contribution is 2.83. The van der Waals surface area contributed by atoms with Gasteiger partial charge < -0.3 is 30.3 Å². The van der Waals surface area contributed by atoms with Crippen LogP contribution in [0.25, 0.3) is 0 Å². The monoisotopic (exact) mass is 368 g/mol. The van der Waals surface area contributed by atoms with Gasteiger partial charge >= 0.3 is 0 Å². The average molecular weight is 368 g/mol. The Kier molecular flexibility index (Phi) is 2.98. The maximum absolute atomic E-state index is 12.1. The molecule has 11 atom stereocenters. The highest BCUT2D eigenvalue weighted by Gasteiger charge is 2.92. The van der Waals surface area contributed by atoms with Crippen molar-refractivity contribution in [2.45, 2.75) is 82.1 Å². The van der Waals surface area contributed by atoms with Gasteiger partial charge in [0.05, 0.1) is 22.7 Å². The minimum Gasteiger partial charge on any atom is -0.396 e. The maximum Gasteiger partial charge on any atom is 0.175 e. The van der Waals surface area contributed by atoms with Crippen LogP contribution in [0.4, 0.5) is 0 Å². The highest BCUT2D eigenvalue weighted by atomic mass is 16.7. The fraction of sp³-hybridized carbons (Fsp3) is 1.00. The van der Waals surface area contributed by atoms with Crippen LogP contribution < -0.4 is 0 Å². The molecular weight excluding hydrogens is 336 g/mol. The summed E-state index contributed by atoms with van der Waals surface area (Å²) in [5.41, 5.74) is -5.34. The Bertz CT molecular complexity index is 681. The normalized spacial score (nSPS) is 69.1.